The third-order valence-electron chi connectivity index (χ3n) is 9.91. The lowest BCUT2D eigenvalue weighted by Crippen LogP contribution is -2.64. The van der Waals surface area contributed by atoms with Crippen LogP contribution in [-0.4, -0.2) is 58.5 Å². The average Bonchev–Trinajstić information content (AvgIpc) is 3.51. The minimum absolute atomic E-state index is 0.0375. The van der Waals surface area contributed by atoms with Crippen molar-refractivity contribution in [3.05, 3.63) is 35.4 Å². The quantitative estimate of drug-likeness (QED) is 0.379. The number of likely N-dealkylation sites (tertiary alicyclic amines) is 2. The number of aliphatic hydroxyl groups is 1. The first-order valence-corrected chi connectivity index (χ1v) is 15.0. The monoisotopic (exact) mass is 530 g/mol. The molecule has 2 aliphatic carbocycles. The first-order chi connectivity index (χ1) is 17.7. The maximum absolute atomic E-state index is 13.5. The van der Waals surface area contributed by atoms with Crippen molar-refractivity contribution in [2.24, 2.45) is 23.2 Å². The van der Waals surface area contributed by atoms with Crippen LogP contribution >= 0.6 is 11.6 Å². The molecule has 4 fully saturated rings. The number of hydrogen-bond acceptors (Lipinski definition) is 3. The fourth-order valence-electron chi connectivity index (χ4n) is 7.53. The molecular weight excluding hydrogens is 484 g/mol. The van der Waals surface area contributed by atoms with Gasteiger partial charge in [0.05, 0.1) is 12.1 Å². The first kappa shape index (κ1) is 28.4. The summed E-state index contributed by atoms with van der Waals surface area (Å²) >= 11 is 6.09. The van der Waals surface area contributed by atoms with Gasteiger partial charge in [0.25, 0.3) is 0 Å². The average molecular weight is 531 g/mol. The molecule has 3 atom stereocenters. The summed E-state index contributed by atoms with van der Waals surface area (Å²) in [6.07, 6.45) is 18.0. The molecular formula is C31H47ClN2O3. The van der Waals surface area contributed by atoms with E-state index in [4.69, 9.17) is 11.6 Å². The summed E-state index contributed by atoms with van der Waals surface area (Å²) in [4.78, 5) is 30.4. The largest absolute Gasteiger partial charge is 0.387 e. The van der Waals surface area contributed by atoms with Crippen LogP contribution in [0.2, 0.25) is 0 Å². The van der Waals surface area contributed by atoms with Gasteiger partial charge in [-0.3, -0.25) is 9.59 Å². The van der Waals surface area contributed by atoms with Crippen LogP contribution in [-0.2, 0) is 9.59 Å². The topological polar surface area (TPSA) is 60.9 Å². The van der Waals surface area contributed by atoms with Gasteiger partial charge in [-0.15, -0.1) is 0 Å². The molecule has 206 valence electrons. The van der Waals surface area contributed by atoms with Crippen molar-refractivity contribution in [3.63, 3.8) is 0 Å². The molecule has 2 saturated carbocycles. The maximum Gasteiger partial charge on any atom is 0.225 e. The third kappa shape index (κ3) is 6.36. The van der Waals surface area contributed by atoms with Crippen LogP contribution in [0.4, 0.5) is 0 Å². The van der Waals surface area contributed by atoms with E-state index in [1.165, 1.54) is 32.1 Å². The lowest BCUT2D eigenvalue weighted by atomic mass is 9.65. The van der Waals surface area contributed by atoms with E-state index in [0.29, 0.717) is 50.0 Å². The number of amides is 2. The summed E-state index contributed by atoms with van der Waals surface area (Å²) in [5, 5.41) is 12.8. The van der Waals surface area contributed by atoms with E-state index < -0.39 is 5.60 Å². The Hall–Kier alpha value is -1.59. The minimum atomic E-state index is -0.955. The molecule has 6 heteroatoms. The summed E-state index contributed by atoms with van der Waals surface area (Å²) in [6, 6.07) is 0. The molecule has 0 bridgehead atoms. The summed E-state index contributed by atoms with van der Waals surface area (Å²) in [7, 11) is 0. The fourth-order valence-corrected chi connectivity index (χ4v) is 7.59. The Morgan fingerprint density at radius 2 is 1.86 bits per heavy atom. The van der Waals surface area contributed by atoms with Crippen molar-refractivity contribution < 1.29 is 14.7 Å². The Kier molecular flexibility index (Phi) is 9.27. The number of piperidine rings is 1. The molecule has 2 saturated heterocycles. The molecule has 2 amide bonds. The SMILES string of the molecule is C=C(/C=C\C(Cl)=C/C)[C@H]1CC(=O)N(C[C@]2(O)CCN(C(=O)[C@H](C)CC3CCCCC3)CC23CCCC3)C1. The smallest absolute Gasteiger partial charge is 0.225 e. The molecule has 0 unspecified atom stereocenters. The second-order valence-electron chi connectivity index (χ2n) is 12.4. The molecule has 0 aromatic rings. The Morgan fingerprint density at radius 1 is 1.16 bits per heavy atom. The third-order valence-corrected chi connectivity index (χ3v) is 10.2. The number of hydrogen-bond donors (Lipinski definition) is 1. The van der Waals surface area contributed by atoms with Gasteiger partial charge in [-0.2, -0.15) is 0 Å². The van der Waals surface area contributed by atoms with E-state index in [9.17, 15) is 14.7 Å². The van der Waals surface area contributed by atoms with Crippen molar-refractivity contribution in [1.29, 1.82) is 0 Å². The summed E-state index contributed by atoms with van der Waals surface area (Å²) in [6.45, 7) is 10.3. The van der Waals surface area contributed by atoms with E-state index in [1.54, 1.807) is 0 Å². The number of β-amino-alcohol motifs (C(OH)–C–C–N with tert-alkyl or cyclic N) is 1. The second kappa shape index (κ2) is 12.1. The van der Waals surface area contributed by atoms with Crippen LogP contribution in [0.5, 0.6) is 0 Å². The van der Waals surface area contributed by atoms with Crippen LogP contribution < -0.4 is 0 Å². The standard InChI is InChI=1S/C31H47ClN2O3/c1-4-27(32)13-12-23(2)26-19-28(35)34(20-26)22-31(37)16-17-33(21-30(31)14-8-9-15-30)29(36)24(3)18-25-10-6-5-7-11-25/h4,12-13,24-26,37H,2,5-11,14-22H2,1,3H3/b13-12-,27-4+/t24-,26+,31-/m1/s1. The van der Waals surface area contributed by atoms with Crippen LogP contribution in [0.3, 0.4) is 0 Å². The predicted molar refractivity (Wildman–Crippen MR) is 150 cm³/mol. The van der Waals surface area contributed by atoms with Gasteiger partial charge in [0.15, 0.2) is 0 Å². The van der Waals surface area contributed by atoms with Crippen LogP contribution in [0.25, 0.3) is 0 Å². The summed E-state index contributed by atoms with van der Waals surface area (Å²) in [5.41, 5.74) is -0.380. The molecule has 0 aromatic carbocycles. The lowest BCUT2D eigenvalue weighted by molar-refractivity contribution is -0.167. The van der Waals surface area contributed by atoms with Crippen molar-refractivity contribution in [2.45, 2.75) is 96.5 Å². The van der Waals surface area contributed by atoms with Crippen LogP contribution in [0.1, 0.15) is 90.9 Å². The minimum Gasteiger partial charge on any atom is -0.387 e. The zero-order valence-electron chi connectivity index (χ0n) is 23.0. The van der Waals surface area contributed by atoms with Crippen molar-refractivity contribution in [1.82, 2.24) is 9.80 Å². The lowest BCUT2D eigenvalue weighted by Gasteiger charge is -2.53. The molecule has 0 aromatic heterocycles. The highest BCUT2D eigenvalue weighted by Crippen LogP contribution is 2.52. The second-order valence-corrected chi connectivity index (χ2v) is 12.9. The number of rotatable bonds is 8. The summed E-state index contributed by atoms with van der Waals surface area (Å²) in [5.74, 6) is 1.11. The van der Waals surface area contributed by atoms with Crippen molar-refractivity contribution in [2.75, 3.05) is 26.2 Å². The number of carbonyl (C=O) groups is 2. The highest BCUT2D eigenvalue weighted by atomic mass is 35.5. The van der Waals surface area contributed by atoms with Crippen LogP contribution in [0.15, 0.2) is 35.4 Å². The first-order valence-electron chi connectivity index (χ1n) is 14.6. The van der Waals surface area contributed by atoms with E-state index in [-0.39, 0.29) is 29.1 Å². The predicted octanol–water partition coefficient (Wildman–Crippen LogP) is 6.22. The fraction of sp³-hybridized carbons (Fsp3) is 0.742. The highest BCUT2D eigenvalue weighted by molar-refractivity contribution is 6.31. The molecule has 5 nitrogen and oxygen atoms in total. The molecule has 37 heavy (non-hydrogen) atoms. The Labute approximate surface area is 229 Å². The number of allylic oxidation sites excluding steroid dienone is 4. The van der Waals surface area contributed by atoms with Crippen molar-refractivity contribution >= 4 is 23.4 Å². The Bertz CT molecular complexity index is 915. The highest BCUT2D eigenvalue weighted by Gasteiger charge is 2.57. The van der Waals surface area contributed by atoms with Gasteiger partial charge in [-0.25, -0.2) is 0 Å². The van der Waals surface area contributed by atoms with Gasteiger partial charge in [-0.05, 0) is 50.2 Å². The molecule has 1 N–H and O–H groups in total. The van der Waals surface area contributed by atoms with E-state index in [0.717, 1.165) is 37.7 Å². The molecule has 2 aliphatic heterocycles. The van der Waals surface area contributed by atoms with Gasteiger partial charge in [0.1, 0.15) is 0 Å². The van der Waals surface area contributed by atoms with Crippen LogP contribution in [0, 0.1) is 23.2 Å². The van der Waals surface area contributed by atoms with Gasteiger partial charge in [0, 0.05) is 48.3 Å². The molecule has 2 heterocycles. The molecule has 1 spiro atoms. The number of nitrogens with zero attached hydrogens (tertiary/aromatic N) is 2. The number of halogens is 1. The van der Waals surface area contributed by atoms with E-state index >= 15 is 0 Å². The normalized spacial score (nSPS) is 30.0. The van der Waals surface area contributed by atoms with E-state index in [2.05, 4.69) is 18.4 Å². The summed E-state index contributed by atoms with van der Waals surface area (Å²) < 4.78 is 0. The van der Waals surface area contributed by atoms with Gasteiger partial charge >= 0.3 is 0 Å². The molecule has 4 aliphatic rings. The van der Waals surface area contributed by atoms with E-state index in [1.807, 2.05) is 30.1 Å². The van der Waals surface area contributed by atoms with Gasteiger partial charge in [0.2, 0.25) is 11.8 Å². The zero-order chi connectivity index (χ0) is 26.6. The van der Waals surface area contributed by atoms with Gasteiger partial charge in [-0.1, -0.05) is 82.2 Å². The molecule has 0 radical (unpaired) electrons. The zero-order valence-corrected chi connectivity index (χ0v) is 23.8. The maximum atomic E-state index is 13.5. The Balaban J connectivity index is 1.40. The number of carbonyl (C=O) groups excluding carboxylic acids is 2. The molecule has 4 rings (SSSR count). The Morgan fingerprint density at radius 3 is 2.54 bits per heavy atom. The van der Waals surface area contributed by atoms with Crippen molar-refractivity contribution in [3.8, 4) is 0 Å². The van der Waals surface area contributed by atoms with Gasteiger partial charge < -0.3 is 14.9 Å².